The number of hydrogen-bond donors (Lipinski definition) is 1. The minimum atomic E-state index is -5.31. The lowest BCUT2D eigenvalue weighted by Gasteiger charge is -2.31. The molecule has 3 rings (SSSR count). The van der Waals surface area contributed by atoms with Crippen LogP contribution in [0.3, 0.4) is 0 Å². The zero-order valence-corrected chi connectivity index (χ0v) is 12.1. The van der Waals surface area contributed by atoms with Crippen molar-refractivity contribution in [3.63, 3.8) is 0 Å². The van der Waals surface area contributed by atoms with Crippen molar-refractivity contribution in [2.45, 2.75) is 61.8 Å². The first-order valence-corrected chi connectivity index (χ1v) is 7.19. The molecule has 0 aliphatic heterocycles. The fourth-order valence-corrected chi connectivity index (χ4v) is 3.29. The fourth-order valence-electron chi connectivity index (χ4n) is 3.29. The van der Waals surface area contributed by atoms with Gasteiger partial charge in [-0.3, -0.25) is 4.68 Å². The van der Waals surface area contributed by atoms with Crippen molar-refractivity contribution in [3.05, 3.63) is 17.0 Å². The van der Waals surface area contributed by atoms with E-state index in [9.17, 15) is 44.6 Å². The Kier molecular flexibility index (Phi) is 4.05. The number of aliphatic hydroxyl groups excluding tert-OH is 1. The molecule has 0 saturated heterocycles. The van der Waals surface area contributed by atoms with Crippen molar-refractivity contribution < 1.29 is 44.6 Å². The molecule has 0 unspecified atom stereocenters. The van der Waals surface area contributed by atoms with Crippen LogP contribution in [0.1, 0.15) is 48.1 Å². The Morgan fingerprint density at radius 2 is 1.56 bits per heavy atom. The Bertz CT molecular complexity index is 661. The Morgan fingerprint density at radius 1 is 1.04 bits per heavy atom. The quantitative estimate of drug-likeness (QED) is 0.748. The molecule has 3 nitrogen and oxygen atoms in total. The summed E-state index contributed by atoms with van der Waals surface area (Å²) in [5, 5.41) is 12.4. The Balaban J connectivity index is 2.13. The van der Waals surface area contributed by atoms with Gasteiger partial charge in [-0.15, -0.1) is 0 Å². The molecular formula is C13H11F9N2O. The second-order valence-electron chi connectivity index (χ2n) is 6.13. The van der Waals surface area contributed by atoms with Crippen LogP contribution in [0.2, 0.25) is 0 Å². The van der Waals surface area contributed by atoms with Crippen molar-refractivity contribution in [1.82, 2.24) is 9.78 Å². The molecule has 2 aliphatic rings. The summed E-state index contributed by atoms with van der Waals surface area (Å²) in [5.41, 5.74) is -4.70. The van der Waals surface area contributed by atoms with E-state index < -0.39 is 78.7 Å². The molecule has 6 atom stereocenters. The van der Waals surface area contributed by atoms with Crippen molar-refractivity contribution in [3.8, 4) is 0 Å². The van der Waals surface area contributed by atoms with Gasteiger partial charge >= 0.3 is 12.1 Å². The highest BCUT2D eigenvalue weighted by molar-refractivity contribution is 5.40. The van der Waals surface area contributed by atoms with Gasteiger partial charge in [-0.1, -0.05) is 0 Å². The summed E-state index contributed by atoms with van der Waals surface area (Å²) in [6.45, 7) is 0. The van der Waals surface area contributed by atoms with Crippen LogP contribution >= 0.6 is 0 Å². The van der Waals surface area contributed by atoms with Crippen molar-refractivity contribution in [1.29, 1.82) is 0 Å². The minimum Gasteiger partial charge on any atom is -0.382 e. The van der Waals surface area contributed by atoms with Gasteiger partial charge in [0, 0.05) is 18.4 Å². The van der Waals surface area contributed by atoms with E-state index in [0.29, 0.717) is 0 Å². The highest BCUT2D eigenvalue weighted by atomic mass is 19.4. The van der Waals surface area contributed by atoms with Gasteiger partial charge in [-0.05, 0) is 0 Å². The number of aliphatic hydroxyl groups is 1. The molecule has 1 N–H and O–H groups in total. The van der Waals surface area contributed by atoms with E-state index >= 15 is 0 Å². The minimum absolute atomic E-state index is 0.123. The van der Waals surface area contributed by atoms with Crippen molar-refractivity contribution in [2.75, 3.05) is 0 Å². The van der Waals surface area contributed by atoms with E-state index in [2.05, 4.69) is 5.10 Å². The lowest BCUT2D eigenvalue weighted by atomic mass is 9.90. The molecule has 0 radical (unpaired) electrons. The van der Waals surface area contributed by atoms with Crippen LogP contribution in [0, 0.1) is 0 Å². The molecule has 1 saturated carbocycles. The number of hydrogen-bond acceptors (Lipinski definition) is 2. The van der Waals surface area contributed by atoms with Crippen molar-refractivity contribution >= 4 is 0 Å². The molecule has 0 spiro atoms. The first-order chi connectivity index (χ1) is 11.4. The standard InChI is InChI=1S/C13H11F9N2O/c14-4-1-3(2-5(15)7(4)16)24-8-6(10(23-24)13(20,21)22)11(25)12(18,19)9(8)17/h3-5,7,9,11,25H,1-2H2/t3-,4-,5+,7-,9-,11-/m0/s1. The predicted molar refractivity (Wildman–Crippen MR) is 63.9 cm³/mol. The molecule has 1 aromatic heterocycles. The average molecular weight is 382 g/mol. The van der Waals surface area contributed by atoms with Crippen LogP contribution in [-0.2, 0) is 6.18 Å². The maximum Gasteiger partial charge on any atom is 0.435 e. The summed E-state index contributed by atoms with van der Waals surface area (Å²) in [4.78, 5) is 0. The average Bonchev–Trinajstić information content (AvgIpc) is 2.96. The number of rotatable bonds is 1. The first kappa shape index (κ1) is 18.3. The number of nitrogens with zero attached hydrogens (tertiary/aromatic N) is 2. The van der Waals surface area contributed by atoms with Gasteiger partial charge in [0.25, 0.3) is 0 Å². The molecule has 2 aliphatic carbocycles. The molecule has 0 amide bonds. The summed E-state index contributed by atoms with van der Waals surface area (Å²) in [6, 6.07) is -1.60. The Hall–Kier alpha value is -1.46. The molecule has 0 aromatic carbocycles. The summed E-state index contributed by atoms with van der Waals surface area (Å²) in [7, 11) is 0. The molecule has 0 bridgehead atoms. The maximum absolute atomic E-state index is 14.0. The van der Waals surface area contributed by atoms with Crippen LogP contribution in [0.25, 0.3) is 0 Å². The van der Waals surface area contributed by atoms with Gasteiger partial charge in [0.05, 0.1) is 11.7 Å². The molecule has 142 valence electrons. The highest BCUT2D eigenvalue weighted by Gasteiger charge is 2.62. The third-order valence-corrected chi connectivity index (χ3v) is 4.50. The van der Waals surface area contributed by atoms with Gasteiger partial charge in [0.1, 0.15) is 18.4 Å². The number of halogens is 9. The van der Waals surface area contributed by atoms with E-state index in [4.69, 9.17) is 0 Å². The first-order valence-electron chi connectivity index (χ1n) is 7.19. The van der Waals surface area contributed by atoms with E-state index in [1.165, 1.54) is 0 Å². The SMILES string of the molecule is O[C@H]1c2c(C(F)(F)F)nn([C@@H]3C[C@@H](F)[C@@H](F)[C@@H](F)C3)c2[C@H](F)C1(F)F. The molecule has 1 fully saturated rings. The zero-order chi connectivity index (χ0) is 18.9. The van der Waals surface area contributed by atoms with Crippen LogP contribution in [0.4, 0.5) is 39.5 Å². The molecule has 1 aromatic rings. The fraction of sp³-hybridized carbons (Fsp3) is 0.769. The van der Waals surface area contributed by atoms with E-state index in [1.807, 2.05) is 0 Å². The maximum atomic E-state index is 14.0. The van der Waals surface area contributed by atoms with Crippen LogP contribution in [0.5, 0.6) is 0 Å². The molecule has 25 heavy (non-hydrogen) atoms. The van der Waals surface area contributed by atoms with E-state index in [1.54, 1.807) is 0 Å². The zero-order valence-electron chi connectivity index (χ0n) is 12.1. The van der Waals surface area contributed by atoms with Crippen molar-refractivity contribution in [2.24, 2.45) is 0 Å². The monoisotopic (exact) mass is 382 g/mol. The molecule has 1 heterocycles. The third kappa shape index (κ3) is 2.59. The predicted octanol–water partition coefficient (Wildman–Crippen LogP) is 3.94. The largest absolute Gasteiger partial charge is 0.435 e. The summed E-state index contributed by atoms with van der Waals surface area (Å²) >= 11 is 0. The van der Waals surface area contributed by atoms with Crippen LogP contribution in [0.15, 0.2) is 0 Å². The smallest absolute Gasteiger partial charge is 0.382 e. The van der Waals surface area contributed by atoms with Gasteiger partial charge in [0.15, 0.2) is 11.9 Å². The second kappa shape index (κ2) is 5.52. The lowest BCUT2D eigenvalue weighted by Crippen LogP contribution is -2.39. The molecular weight excluding hydrogens is 371 g/mol. The summed E-state index contributed by atoms with van der Waals surface area (Å²) < 4.78 is 121. The van der Waals surface area contributed by atoms with E-state index in [-0.39, 0.29) is 4.68 Å². The second-order valence-corrected chi connectivity index (χ2v) is 6.13. The third-order valence-electron chi connectivity index (χ3n) is 4.50. The lowest BCUT2D eigenvalue weighted by molar-refractivity contribution is -0.157. The number of aromatic nitrogens is 2. The van der Waals surface area contributed by atoms with Crippen LogP contribution in [-0.4, -0.2) is 39.3 Å². The van der Waals surface area contributed by atoms with Gasteiger partial charge < -0.3 is 5.11 Å². The number of alkyl halides is 9. The van der Waals surface area contributed by atoms with Gasteiger partial charge in [-0.2, -0.15) is 27.1 Å². The Labute approximate surface area is 134 Å². The topological polar surface area (TPSA) is 38.1 Å². The van der Waals surface area contributed by atoms with Gasteiger partial charge in [0.2, 0.25) is 6.17 Å². The highest BCUT2D eigenvalue weighted by Crippen LogP contribution is 2.56. The van der Waals surface area contributed by atoms with Crippen LogP contribution < -0.4 is 0 Å². The van der Waals surface area contributed by atoms with E-state index in [0.717, 1.165) is 0 Å². The number of fused-ring (bicyclic) bond motifs is 1. The van der Waals surface area contributed by atoms with Gasteiger partial charge in [-0.25, -0.2) is 17.6 Å². The Morgan fingerprint density at radius 3 is 2.04 bits per heavy atom. The molecule has 12 heteroatoms. The summed E-state index contributed by atoms with van der Waals surface area (Å²) in [6.07, 6.45) is -20.8. The summed E-state index contributed by atoms with van der Waals surface area (Å²) in [5.74, 6) is -4.56. The normalized spacial score (nSPS) is 38.0.